The standard InChI is InChI=1S/C37H41N5O4S/c1-5-41-34(39-42(36(41)44)26-28-19-23-31(24-20-28)37(2,3)4)16-9-11-27-17-21-29(22-18-27)30-12-10-13-32(25-30)38-35(43)40-47(45,46)33-14-7-6-8-15-33/h6-8,10,12-15,17-25H,5,9,11,16,26H2,1-4H3,(H2,38,40,43). The number of rotatable bonds is 11. The molecule has 0 unspecified atom stereocenters. The van der Waals surface area contributed by atoms with Gasteiger partial charge in [0, 0.05) is 18.7 Å². The van der Waals surface area contributed by atoms with Crippen molar-refractivity contribution in [1.82, 2.24) is 19.1 Å². The van der Waals surface area contributed by atoms with Crippen LogP contribution in [0.25, 0.3) is 11.1 Å². The zero-order valence-corrected chi connectivity index (χ0v) is 28.0. The fraction of sp³-hybridized carbons (Fsp3) is 0.270. The van der Waals surface area contributed by atoms with Gasteiger partial charge < -0.3 is 5.32 Å². The minimum Gasteiger partial charge on any atom is -0.307 e. The molecule has 2 N–H and O–H groups in total. The molecule has 0 aliphatic rings. The maximum atomic E-state index is 13.1. The van der Waals surface area contributed by atoms with Crippen LogP contribution in [0, 0.1) is 0 Å². The molecule has 2 amide bonds. The van der Waals surface area contributed by atoms with Gasteiger partial charge in [-0.2, -0.15) is 5.10 Å². The molecule has 5 aromatic rings. The minimum atomic E-state index is -3.98. The number of amides is 2. The van der Waals surface area contributed by atoms with Crippen LogP contribution in [0.1, 0.15) is 56.6 Å². The van der Waals surface area contributed by atoms with Crippen molar-refractivity contribution in [2.75, 3.05) is 5.32 Å². The molecule has 9 nitrogen and oxygen atoms in total. The zero-order valence-electron chi connectivity index (χ0n) is 27.2. The highest BCUT2D eigenvalue weighted by molar-refractivity contribution is 7.90. The second kappa shape index (κ2) is 14.2. The van der Waals surface area contributed by atoms with Gasteiger partial charge >= 0.3 is 11.7 Å². The average Bonchev–Trinajstić information content (AvgIpc) is 3.34. The number of aromatic nitrogens is 3. The molecule has 47 heavy (non-hydrogen) atoms. The lowest BCUT2D eigenvalue weighted by molar-refractivity contribution is 0.256. The first-order chi connectivity index (χ1) is 22.4. The Morgan fingerprint density at radius 2 is 1.49 bits per heavy atom. The second-order valence-electron chi connectivity index (χ2n) is 12.6. The molecular formula is C37H41N5O4S. The summed E-state index contributed by atoms with van der Waals surface area (Å²) in [7, 11) is -3.98. The van der Waals surface area contributed by atoms with Crippen molar-refractivity contribution < 1.29 is 13.2 Å². The highest BCUT2D eigenvalue weighted by Crippen LogP contribution is 2.24. The summed E-state index contributed by atoms with van der Waals surface area (Å²) in [6, 6.07) is 30.7. The Labute approximate surface area is 276 Å². The number of nitrogens with zero attached hydrogens (tertiary/aromatic N) is 3. The number of aryl methyl sites for hydroxylation is 2. The van der Waals surface area contributed by atoms with E-state index in [1.165, 1.54) is 17.7 Å². The summed E-state index contributed by atoms with van der Waals surface area (Å²) < 4.78 is 30.3. The van der Waals surface area contributed by atoms with Crippen molar-refractivity contribution in [3.8, 4) is 11.1 Å². The van der Waals surface area contributed by atoms with Crippen LogP contribution in [0.5, 0.6) is 0 Å². The van der Waals surface area contributed by atoms with Gasteiger partial charge in [0.05, 0.1) is 11.4 Å². The molecule has 0 radical (unpaired) electrons. The van der Waals surface area contributed by atoms with Crippen LogP contribution < -0.4 is 15.7 Å². The minimum absolute atomic E-state index is 0.0103. The van der Waals surface area contributed by atoms with E-state index in [2.05, 4.69) is 62.5 Å². The van der Waals surface area contributed by atoms with Gasteiger partial charge in [-0.25, -0.2) is 27.4 Å². The van der Waals surface area contributed by atoms with Gasteiger partial charge in [0.15, 0.2) is 0 Å². The van der Waals surface area contributed by atoms with Gasteiger partial charge in [0.1, 0.15) is 5.82 Å². The maximum absolute atomic E-state index is 13.1. The third-order valence-electron chi connectivity index (χ3n) is 8.02. The van der Waals surface area contributed by atoms with Crippen molar-refractivity contribution in [2.45, 2.75) is 70.4 Å². The number of benzene rings is 4. The summed E-state index contributed by atoms with van der Waals surface area (Å²) >= 11 is 0. The lowest BCUT2D eigenvalue weighted by atomic mass is 9.87. The lowest BCUT2D eigenvalue weighted by Crippen LogP contribution is -2.34. The highest BCUT2D eigenvalue weighted by Gasteiger charge is 2.18. The number of carbonyl (C=O) groups excluding carboxylic acids is 1. The predicted molar refractivity (Wildman–Crippen MR) is 186 cm³/mol. The predicted octanol–water partition coefficient (Wildman–Crippen LogP) is 6.76. The molecular weight excluding hydrogens is 611 g/mol. The van der Waals surface area contributed by atoms with E-state index >= 15 is 0 Å². The first-order valence-corrected chi connectivity index (χ1v) is 17.3. The van der Waals surface area contributed by atoms with Gasteiger partial charge in [-0.05, 0) is 77.3 Å². The molecule has 10 heteroatoms. The molecule has 0 aliphatic carbocycles. The van der Waals surface area contributed by atoms with E-state index < -0.39 is 16.1 Å². The van der Waals surface area contributed by atoms with Crippen molar-refractivity contribution in [3.63, 3.8) is 0 Å². The summed E-state index contributed by atoms with van der Waals surface area (Å²) in [5.41, 5.74) is 5.77. The quantitative estimate of drug-likeness (QED) is 0.164. The van der Waals surface area contributed by atoms with Crippen LogP contribution in [0.15, 0.2) is 113 Å². The number of nitrogens with one attached hydrogen (secondary N) is 2. The summed E-state index contributed by atoms with van der Waals surface area (Å²) in [4.78, 5) is 25.5. The van der Waals surface area contributed by atoms with Crippen LogP contribution in [-0.2, 0) is 41.4 Å². The van der Waals surface area contributed by atoms with Gasteiger partial charge in [-0.3, -0.25) is 4.57 Å². The van der Waals surface area contributed by atoms with Crippen LogP contribution >= 0.6 is 0 Å². The number of hydrogen-bond donors (Lipinski definition) is 2. The molecule has 0 aliphatic heterocycles. The molecule has 0 bridgehead atoms. The van der Waals surface area contributed by atoms with E-state index in [0.29, 0.717) is 25.2 Å². The fourth-order valence-electron chi connectivity index (χ4n) is 5.40. The normalized spacial score (nSPS) is 11.7. The number of anilines is 1. The SMILES string of the molecule is CCn1c(CCCc2ccc(-c3cccc(NC(=O)NS(=O)(=O)c4ccccc4)c3)cc2)nn(Cc2ccc(C(C)(C)C)cc2)c1=O. The average molecular weight is 652 g/mol. The van der Waals surface area contributed by atoms with Crippen LogP contribution in [0.4, 0.5) is 10.5 Å². The van der Waals surface area contributed by atoms with E-state index in [9.17, 15) is 18.0 Å². The number of hydrogen-bond acceptors (Lipinski definition) is 5. The monoisotopic (exact) mass is 651 g/mol. The lowest BCUT2D eigenvalue weighted by Gasteiger charge is -2.19. The first-order valence-electron chi connectivity index (χ1n) is 15.8. The Balaban J connectivity index is 1.17. The first kappa shape index (κ1) is 33.4. The van der Waals surface area contributed by atoms with Gasteiger partial charge in [-0.1, -0.05) is 99.6 Å². The number of carbonyl (C=O) groups is 1. The van der Waals surface area contributed by atoms with Gasteiger partial charge in [-0.15, -0.1) is 0 Å². The summed E-state index contributed by atoms with van der Waals surface area (Å²) in [6.45, 7) is 9.54. The molecule has 0 spiro atoms. The topological polar surface area (TPSA) is 115 Å². The second-order valence-corrected chi connectivity index (χ2v) is 14.2. The van der Waals surface area contributed by atoms with E-state index in [1.54, 1.807) is 45.6 Å². The van der Waals surface area contributed by atoms with Crippen molar-refractivity contribution in [2.24, 2.45) is 0 Å². The van der Waals surface area contributed by atoms with E-state index in [1.807, 2.05) is 29.8 Å². The summed E-state index contributed by atoms with van der Waals surface area (Å²) in [5.74, 6) is 0.797. The third kappa shape index (κ3) is 8.45. The largest absolute Gasteiger partial charge is 0.346 e. The van der Waals surface area contributed by atoms with Crippen molar-refractivity contribution in [1.29, 1.82) is 0 Å². The molecule has 244 valence electrons. The summed E-state index contributed by atoms with van der Waals surface area (Å²) in [6.07, 6.45) is 2.37. The Kier molecular flexibility index (Phi) is 10.1. The Morgan fingerprint density at radius 1 is 0.809 bits per heavy atom. The molecule has 1 heterocycles. The van der Waals surface area contributed by atoms with Gasteiger partial charge in [0.2, 0.25) is 0 Å². The van der Waals surface area contributed by atoms with Crippen LogP contribution in [0.3, 0.4) is 0 Å². The van der Waals surface area contributed by atoms with Crippen molar-refractivity contribution >= 4 is 21.7 Å². The van der Waals surface area contributed by atoms with E-state index in [0.717, 1.165) is 40.9 Å². The van der Waals surface area contributed by atoms with E-state index in [-0.39, 0.29) is 16.0 Å². The fourth-order valence-corrected chi connectivity index (χ4v) is 6.33. The summed E-state index contributed by atoms with van der Waals surface area (Å²) in [5, 5.41) is 7.30. The number of urea groups is 1. The van der Waals surface area contributed by atoms with Crippen LogP contribution in [-0.4, -0.2) is 28.8 Å². The molecule has 0 saturated carbocycles. The van der Waals surface area contributed by atoms with E-state index in [4.69, 9.17) is 5.10 Å². The van der Waals surface area contributed by atoms with Crippen LogP contribution in [0.2, 0.25) is 0 Å². The molecule has 1 aromatic heterocycles. The Morgan fingerprint density at radius 3 is 2.15 bits per heavy atom. The Hall–Kier alpha value is -4.96. The third-order valence-corrected chi connectivity index (χ3v) is 9.37. The smallest absolute Gasteiger partial charge is 0.307 e. The number of sulfonamides is 1. The molecule has 0 fully saturated rings. The molecule has 0 atom stereocenters. The highest BCUT2D eigenvalue weighted by atomic mass is 32.2. The molecule has 5 rings (SSSR count). The maximum Gasteiger partial charge on any atom is 0.346 e. The van der Waals surface area contributed by atoms with Gasteiger partial charge in [0.25, 0.3) is 10.0 Å². The Bertz CT molecular complexity index is 1990. The zero-order chi connectivity index (χ0) is 33.6. The molecule has 4 aromatic carbocycles. The van der Waals surface area contributed by atoms with Crippen molar-refractivity contribution in [3.05, 3.63) is 136 Å². The molecule has 0 saturated heterocycles.